The van der Waals surface area contributed by atoms with Gasteiger partial charge in [-0.25, -0.2) is 8.78 Å². The summed E-state index contributed by atoms with van der Waals surface area (Å²) in [6.07, 6.45) is -2.80. The summed E-state index contributed by atoms with van der Waals surface area (Å²) in [6, 6.07) is 2.70. The maximum atomic E-state index is 12.8. The number of nitrogens with zero attached hydrogens (tertiary/aromatic N) is 1. The van der Waals surface area contributed by atoms with Gasteiger partial charge in [0.25, 0.3) is 12.1 Å². The van der Waals surface area contributed by atoms with Crippen molar-refractivity contribution >= 4 is 17.0 Å². The Morgan fingerprint density at radius 3 is 2.19 bits per heavy atom. The zero-order chi connectivity index (χ0) is 16.4. The summed E-state index contributed by atoms with van der Waals surface area (Å²) >= 11 is -1.41. The fraction of sp³-hybridized carbons (Fsp3) is 0.538. The minimum Gasteiger partial charge on any atom is -0.598 e. The van der Waals surface area contributed by atoms with E-state index in [9.17, 15) is 23.4 Å². The van der Waals surface area contributed by atoms with Crippen LogP contribution >= 0.6 is 0 Å². The molecule has 0 aliphatic rings. The molecule has 0 aliphatic carbocycles. The summed E-state index contributed by atoms with van der Waals surface area (Å²) in [6.45, 7) is 6.92. The molecule has 0 saturated carbocycles. The van der Waals surface area contributed by atoms with Crippen molar-refractivity contribution < 1.29 is 18.3 Å². The molecule has 1 aromatic carbocycles. The second-order valence-corrected chi connectivity index (χ2v) is 7.63. The van der Waals surface area contributed by atoms with Crippen molar-refractivity contribution in [2.75, 3.05) is 0 Å². The van der Waals surface area contributed by atoms with E-state index in [1.54, 1.807) is 27.7 Å². The Morgan fingerprint density at radius 2 is 1.76 bits per heavy atom. The molecule has 0 aromatic heterocycles. The number of non-ortho nitro benzene ring substituents is 1. The number of nitro groups is 1. The lowest BCUT2D eigenvalue weighted by Crippen LogP contribution is -2.40. The third kappa shape index (κ3) is 4.90. The Labute approximate surface area is 125 Å². The molecule has 5 nitrogen and oxygen atoms in total. The number of hydrogen-bond donors (Lipinski definition) is 1. The minimum absolute atomic E-state index is 0.303. The van der Waals surface area contributed by atoms with Gasteiger partial charge in [-0.3, -0.25) is 10.1 Å². The summed E-state index contributed by atoms with van der Waals surface area (Å²) in [5.74, 6) is 0. The molecule has 21 heavy (non-hydrogen) atoms. The Morgan fingerprint density at radius 1 is 1.24 bits per heavy atom. The van der Waals surface area contributed by atoms with Gasteiger partial charge < -0.3 is 4.55 Å². The number of hydrogen-bond acceptors (Lipinski definition) is 4. The number of halogens is 2. The molecule has 0 fully saturated rings. The zero-order valence-electron chi connectivity index (χ0n) is 12.2. The van der Waals surface area contributed by atoms with Crippen molar-refractivity contribution in [2.24, 2.45) is 0 Å². The third-order valence-electron chi connectivity index (χ3n) is 2.77. The van der Waals surface area contributed by atoms with Crippen molar-refractivity contribution in [1.29, 1.82) is 0 Å². The van der Waals surface area contributed by atoms with Gasteiger partial charge >= 0.3 is 0 Å². The molecular formula is C13H18F2N2O3S. The summed E-state index contributed by atoms with van der Waals surface area (Å²) in [7, 11) is 0. The Hall–Kier alpha value is -1.25. The van der Waals surface area contributed by atoms with Crippen LogP contribution in [0.2, 0.25) is 0 Å². The van der Waals surface area contributed by atoms with Gasteiger partial charge in [0.2, 0.25) is 0 Å². The van der Waals surface area contributed by atoms with E-state index in [4.69, 9.17) is 0 Å². The van der Waals surface area contributed by atoms with Gasteiger partial charge in [-0.05, 0) is 39.3 Å². The summed E-state index contributed by atoms with van der Waals surface area (Å²) in [5, 5.41) is 10.8. The summed E-state index contributed by atoms with van der Waals surface area (Å²) in [5.41, 5.74) is -0.524. The van der Waals surface area contributed by atoms with Crippen LogP contribution in [-0.4, -0.2) is 14.2 Å². The molecule has 8 heteroatoms. The standard InChI is InChI=1S/C13H18F2N2O3S/c1-8(16-21(20)13(2,3)4)9-5-10(12(14)15)7-11(6-9)17(18)19/h5-8,12,16H,1-4H3. The normalized spacial score (nSPS) is 15.0. The molecule has 2 atom stereocenters. The molecule has 2 unspecified atom stereocenters. The Kier molecular flexibility index (Phi) is 5.66. The Bertz CT molecular complexity index is 521. The highest BCUT2D eigenvalue weighted by molar-refractivity contribution is 7.90. The van der Waals surface area contributed by atoms with Crippen molar-refractivity contribution in [3.05, 3.63) is 39.4 Å². The number of nitrogens with one attached hydrogen (secondary N) is 1. The van der Waals surface area contributed by atoms with Crippen molar-refractivity contribution in [1.82, 2.24) is 4.72 Å². The lowest BCUT2D eigenvalue weighted by molar-refractivity contribution is -0.385. The first-order valence-electron chi connectivity index (χ1n) is 6.28. The molecule has 1 aromatic rings. The zero-order valence-corrected chi connectivity index (χ0v) is 13.0. The van der Waals surface area contributed by atoms with Crippen molar-refractivity contribution in [3.8, 4) is 0 Å². The van der Waals surface area contributed by atoms with Gasteiger partial charge in [-0.1, -0.05) is 0 Å². The third-order valence-corrected chi connectivity index (χ3v) is 4.45. The van der Waals surface area contributed by atoms with Gasteiger partial charge in [-0.15, -0.1) is 4.72 Å². The van der Waals surface area contributed by atoms with Crippen molar-refractivity contribution in [2.45, 2.75) is 44.9 Å². The van der Waals surface area contributed by atoms with Gasteiger partial charge in [0.05, 0.1) is 11.0 Å². The molecule has 0 spiro atoms. The second kappa shape index (κ2) is 6.67. The van der Waals surface area contributed by atoms with E-state index < -0.39 is 44.8 Å². The molecular weight excluding hydrogens is 302 g/mol. The van der Waals surface area contributed by atoms with Gasteiger partial charge in [-0.2, -0.15) is 0 Å². The van der Waals surface area contributed by atoms with Crippen LogP contribution in [0.15, 0.2) is 18.2 Å². The minimum atomic E-state index is -2.80. The van der Waals surface area contributed by atoms with Crippen LogP contribution in [0.4, 0.5) is 14.5 Å². The summed E-state index contributed by atoms with van der Waals surface area (Å²) in [4.78, 5) is 10.1. The topological polar surface area (TPSA) is 78.2 Å². The van der Waals surface area contributed by atoms with Crippen LogP contribution in [0.1, 0.15) is 51.3 Å². The molecule has 118 valence electrons. The SMILES string of the molecule is CC(N[S+]([O-])C(C)(C)C)c1cc(C(F)F)cc([N+](=O)[O-])c1. The smallest absolute Gasteiger partial charge is 0.270 e. The fourth-order valence-corrected chi connectivity index (χ4v) is 2.36. The average molecular weight is 320 g/mol. The maximum Gasteiger partial charge on any atom is 0.270 e. The fourth-order valence-electron chi connectivity index (χ4n) is 1.55. The van der Waals surface area contributed by atoms with E-state index in [1.165, 1.54) is 12.1 Å². The first kappa shape index (κ1) is 17.8. The second-order valence-electron chi connectivity index (χ2n) is 5.64. The monoisotopic (exact) mass is 320 g/mol. The molecule has 0 bridgehead atoms. The van der Waals surface area contributed by atoms with Crippen LogP contribution in [-0.2, 0) is 11.4 Å². The van der Waals surface area contributed by atoms with E-state index in [1.807, 2.05) is 0 Å². The molecule has 0 radical (unpaired) electrons. The largest absolute Gasteiger partial charge is 0.598 e. The molecule has 1 rings (SSSR count). The first-order valence-corrected chi connectivity index (χ1v) is 7.43. The van der Waals surface area contributed by atoms with Crippen molar-refractivity contribution in [3.63, 3.8) is 0 Å². The van der Waals surface area contributed by atoms with Crippen LogP contribution in [0.25, 0.3) is 0 Å². The average Bonchev–Trinajstić information content (AvgIpc) is 2.36. The highest BCUT2D eigenvalue weighted by Gasteiger charge is 2.29. The van der Waals surface area contributed by atoms with E-state index in [0.29, 0.717) is 5.56 Å². The van der Waals surface area contributed by atoms with E-state index in [0.717, 1.165) is 6.07 Å². The number of nitro benzene ring substituents is 1. The molecule has 0 amide bonds. The van der Waals surface area contributed by atoms with Gasteiger partial charge in [0.1, 0.15) is 4.75 Å². The van der Waals surface area contributed by atoms with Gasteiger partial charge in [0, 0.05) is 29.1 Å². The quantitative estimate of drug-likeness (QED) is 0.510. The predicted molar refractivity (Wildman–Crippen MR) is 77.5 cm³/mol. The lowest BCUT2D eigenvalue weighted by Gasteiger charge is -2.26. The van der Waals surface area contributed by atoms with E-state index >= 15 is 0 Å². The molecule has 0 aliphatic heterocycles. The molecule has 0 saturated heterocycles. The van der Waals surface area contributed by atoms with Crippen LogP contribution in [0, 0.1) is 10.1 Å². The van der Waals surface area contributed by atoms with E-state index in [2.05, 4.69) is 4.72 Å². The number of rotatable bonds is 5. The highest BCUT2D eigenvalue weighted by atomic mass is 32.2. The molecule has 1 N–H and O–H groups in total. The molecule has 0 heterocycles. The van der Waals surface area contributed by atoms with Gasteiger partial charge in [0.15, 0.2) is 0 Å². The van der Waals surface area contributed by atoms with Crippen LogP contribution in [0.3, 0.4) is 0 Å². The number of alkyl halides is 2. The van der Waals surface area contributed by atoms with Crippen LogP contribution in [0.5, 0.6) is 0 Å². The highest BCUT2D eigenvalue weighted by Crippen LogP contribution is 2.29. The maximum absolute atomic E-state index is 12.8. The van der Waals surface area contributed by atoms with Crippen LogP contribution < -0.4 is 4.72 Å². The summed E-state index contributed by atoms with van der Waals surface area (Å²) < 4.78 is 39.9. The Balaban J connectivity index is 3.08. The van der Waals surface area contributed by atoms with E-state index in [-0.39, 0.29) is 0 Å². The first-order chi connectivity index (χ1) is 9.52. The predicted octanol–water partition coefficient (Wildman–Crippen LogP) is 3.65. The number of benzene rings is 1. The lowest BCUT2D eigenvalue weighted by atomic mass is 10.0.